The van der Waals surface area contributed by atoms with Gasteiger partial charge in [-0.2, -0.15) is 0 Å². The number of hydrogen-bond donors (Lipinski definition) is 1. The lowest BCUT2D eigenvalue weighted by Crippen LogP contribution is -2.47. The predicted molar refractivity (Wildman–Crippen MR) is 158 cm³/mol. The summed E-state index contributed by atoms with van der Waals surface area (Å²) in [5.41, 5.74) is 2.55. The van der Waals surface area contributed by atoms with E-state index in [-0.39, 0.29) is 11.9 Å². The van der Waals surface area contributed by atoms with Crippen molar-refractivity contribution in [1.82, 2.24) is 9.55 Å². The van der Waals surface area contributed by atoms with E-state index < -0.39 is 5.79 Å². The number of nitrogens with zero attached hydrogens (tertiary/aromatic N) is 3. The summed E-state index contributed by atoms with van der Waals surface area (Å²) in [5.74, 6) is -0.0842. The maximum absolute atomic E-state index is 9.93. The van der Waals surface area contributed by atoms with Crippen molar-refractivity contribution in [2.75, 3.05) is 31.7 Å². The van der Waals surface area contributed by atoms with Crippen LogP contribution in [0.25, 0.3) is 6.08 Å². The van der Waals surface area contributed by atoms with Crippen molar-refractivity contribution in [3.8, 4) is 11.5 Å². The smallest absolute Gasteiger partial charge is 0.215 e. The molecule has 0 radical (unpaired) electrons. The summed E-state index contributed by atoms with van der Waals surface area (Å²) in [7, 11) is 2.02. The largest absolute Gasteiger partial charge is 0.507 e. The Morgan fingerprint density at radius 3 is 2.73 bits per heavy atom. The highest BCUT2D eigenvalue weighted by Gasteiger charge is 2.42. The molecule has 208 valence electrons. The molecule has 9 heteroatoms. The molecule has 2 unspecified atom stereocenters. The maximum Gasteiger partial charge on any atom is 0.215 e. The third-order valence-corrected chi connectivity index (χ3v) is 7.30. The van der Waals surface area contributed by atoms with Gasteiger partial charge >= 0.3 is 0 Å². The number of aromatic hydroxyl groups is 1. The first-order valence-electron chi connectivity index (χ1n) is 13.0. The van der Waals surface area contributed by atoms with Crippen molar-refractivity contribution >= 4 is 35.0 Å². The number of halogens is 2. The quantitative estimate of drug-likeness (QED) is 0.223. The number of phenols is 1. The van der Waals surface area contributed by atoms with Gasteiger partial charge in [-0.1, -0.05) is 59.6 Å². The zero-order valence-electron chi connectivity index (χ0n) is 22.1. The number of anilines is 1. The van der Waals surface area contributed by atoms with E-state index in [2.05, 4.69) is 9.88 Å². The SMILES string of the molecule is CN(C/C=C\c1ccccc1O)c1ccc(OCC2CCOC(Cn3ccnc3)(c3ccc(Cl)cc3Cl)O2)cc1. The molecule has 1 aliphatic rings. The van der Waals surface area contributed by atoms with Gasteiger partial charge in [0.1, 0.15) is 18.1 Å². The summed E-state index contributed by atoms with van der Waals surface area (Å²) in [6.07, 6.45) is 9.70. The molecule has 1 aliphatic heterocycles. The van der Waals surface area contributed by atoms with E-state index >= 15 is 0 Å². The van der Waals surface area contributed by atoms with Crippen LogP contribution in [0.1, 0.15) is 17.5 Å². The van der Waals surface area contributed by atoms with Gasteiger partial charge in [0, 0.05) is 54.2 Å². The number of likely N-dealkylation sites (N-methyl/N-ethyl adjacent to an activating group) is 1. The summed E-state index contributed by atoms with van der Waals surface area (Å²) in [5, 5.41) is 10.9. The van der Waals surface area contributed by atoms with Crippen LogP contribution >= 0.6 is 23.2 Å². The number of imidazole rings is 1. The topological polar surface area (TPSA) is 69.0 Å². The Morgan fingerprint density at radius 2 is 1.98 bits per heavy atom. The molecule has 0 amide bonds. The molecule has 0 bridgehead atoms. The third-order valence-electron chi connectivity index (χ3n) is 6.75. The number of ether oxygens (including phenoxy) is 3. The minimum atomic E-state index is -1.11. The van der Waals surface area contributed by atoms with Crippen LogP contribution < -0.4 is 9.64 Å². The van der Waals surface area contributed by atoms with E-state index in [9.17, 15) is 5.11 Å². The van der Waals surface area contributed by atoms with Gasteiger partial charge in [-0.3, -0.25) is 0 Å². The fourth-order valence-electron chi connectivity index (χ4n) is 4.62. The van der Waals surface area contributed by atoms with Crippen LogP contribution in [0.2, 0.25) is 10.0 Å². The van der Waals surface area contributed by atoms with Crippen LogP contribution in [0.5, 0.6) is 11.5 Å². The third kappa shape index (κ3) is 6.80. The molecule has 5 rings (SSSR count). The average Bonchev–Trinajstić information content (AvgIpc) is 3.46. The molecule has 2 atom stereocenters. The molecule has 1 aromatic heterocycles. The van der Waals surface area contributed by atoms with Gasteiger partial charge in [-0.15, -0.1) is 0 Å². The van der Waals surface area contributed by atoms with E-state index in [1.165, 1.54) is 0 Å². The van der Waals surface area contributed by atoms with Crippen molar-refractivity contribution < 1.29 is 19.3 Å². The van der Waals surface area contributed by atoms with Gasteiger partial charge in [0.2, 0.25) is 5.79 Å². The summed E-state index contributed by atoms with van der Waals surface area (Å²) in [6.45, 7) is 1.92. The Kier molecular flexibility index (Phi) is 8.97. The molecular weight excluding hydrogens is 549 g/mol. The maximum atomic E-state index is 9.93. The van der Waals surface area contributed by atoms with Gasteiger partial charge in [-0.25, -0.2) is 4.98 Å². The zero-order valence-corrected chi connectivity index (χ0v) is 23.6. The zero-order chi connectivity index (χ0) is 28.0. The molecule has 1 saturated heterocycles. The van der Waals surface area contributed by atoms with Crippen LogP contribution in [0, 0.1) is 0 Å². The van der Waals surface area contributed by atoms with Gasteiger partial charge in [-0.05, 0) is 42.5 Å². The second-order valence-corrected chi connectivity index (χ2v) is 10.5. The molecule has 0 saturated carbocycles. The second kappa shape index (κ2) is 12.8. The fourth-order valence-corrected chi connectivity index (χ4v) is 5.17. The molecule has 1 N–H and O–H groups in total. The summed E-state index contributed by atoms with van der Waals surface area (Å²) in [6, 6.07) is 20.5. The van der Waals surface area contributed by atoms with E-state index in [4.69, 9.17) is 37.4 Å². The minimum Gasteiger partial charge on any atom is -0.507 e. The van der Waals surface area contributed by atoms with E-state index in [1.54, 1.807) is 30.7 Å². The lowest BCUT2D eigenvalue weighted by Gasteiger charge is -2.41. The van der Waals surface area contributed by atoms with Crippen LogP contribution in [0.3, 0.4) is 0 Å². The van der Waals surface area contributed by atoms with Crippen molar-refractivity contribution in [1.29, 1.82) is 0 Å². The first-order valence-corrected chi connectivity index (χ1v) is 13.8. The summed E-state index contributed by atoms with van der Waals surface area (Å²) < 4.78 is 20.9. The highest BCUT2D eigenvalue weighted by Crippen LogP contribution is 2.40. The Labute approximate surface area is 244 Å². The van der Waals surface area contributed by atoms with Crippen LogP contribution in [-0.4, -0.2) is 47.6 Å². The Morgan fingerprint density at radius 1 is 1.15 bits per heavy atom. The molecular formula is C31H31Cl2N3O4. The molecule has 0 aliphatic carbocycles. The molecule has 40 heavy (non-hydrogen) atoms. The summed E-state index contributed by atoms with van der Waals surface area (Å²) >= 11 is 12.8. The summed E-state index contributed by atoms with van der Waals surface area (Å²) in [4.78, 5) is 6.27. The fraction of sp³-hybridized carbons (Fsp3) is 0.258. The molecule has 1 fully saturated rings. The lowest BCUT2D eigenvalue weighted by atomic mass is 10.0. The normalized spacial score (nSPS) is 19.1. The van der Waals surface area contributed by atoms with Gasteiger partial charge in [0.15, 0.2) is 0 Å². The number of benzene rings is 3. The molecule has 2 heterocycles. The highest BCUT2D eigenvalue weighted by atomic mass is 35.5. The molecule has 7 nitrogen and oxygen atoms in total. The van der Waals surface area contributed by atoms with E-state index in [1.807, 2.05) is 78.5 Å². The first-order chi connectivity index (χ1) is 19.4. The van der Waals surface area contributed by atoms with Crippen molar-refractivity contribution in [3.05, 3.63) is 113 Å². The number of para-hydroxylation sites is 1. The van der Waals surface area contributed by atoms with Crippen molar-refractivity contribution in [2.24, 2.45) is 0 Å². The van der Waals surface area contributed by atoms with E-state index in [0.29, 0.717) is 48.3 Å². The number of rotatable bonds is 10. The minimum absolute atomic E-state index is 0.217. The van der Waals surface area contributed by atoms with Crippen molar-refractivity contribution in [2.45, 2.75) is 24.9 Å². The average molecular weight is 581 g/mol. The van der Waals surface area contributed by atoms with Gasteiger partial charge in [0.05, 0.1) is 30.6 Å². The predicted octanol–water partition coefficient (Wildman–Crippen LogP) is 6.78. The second-order valence-electron chi connectivity index (χ2n) is 9.64. The highest BCUT2D eigenvalue weighted by molar-refractivity contribution is 6.35. The molecule has 4 aromatic rings. The van der Waals surface area contributed by atoms with Gasteiger partial charge in [0.25, 0.3) is 0 Å². The van der Waals surface area contributed by atoms with Crippen molar-refractivity contribution in [3.63, 3.8) is 0 Å². The van der Waals surface area contributed by atoms with Crippen LogP contribution in [0.4, 0.5) is 5.69 Å². The van der Waals surface area contributed by atoms with Gasteiger partial charge < -0.3 is 28.8 Å². The Bertz CT molecular complexity index is 1430. The van der Waals surface area contributed by atoms with Crippen LogP contribution in [0.15, 0.2) is 91.5 Å². The Hall–Kier alpha value is -3.49. The lowest BCUT2D eigenvalue weighted by molar-refractivity contribution is -0.312. The van der Waals surface area contributed by atoms with E-state index in [0.717, 1.165) is 17.0 Å². The van der Waals surface area contributed by atoms with Crippen LogP contribution in [-0.2, 0) is 21.8 Å². The molecule has 0 spiro atoms. The first kappa shape index (κ1) is 28.1. The Balaban J connectivity index is 1.21. The standard InChI is InChI=1S/C31H31Cl2N3O4/c1-35(16-4-6-23-5-2-3-7-30(23)37)25-9-11-26(12-10-25)38-20-27-14-18-39-31(40-27,21-36-17-15-34-22-36)28-13-8-24(32)19-29(28)33/h2-13,15,17,19,22,27,37H,14,16,18,20-21H2,1H3/b6-4-. The number of hydrogen-bond acceptors (Lipinski definition) is 6. The molecule has 3 aromatic carbocycles. The monoisotopic (exact) mass is 579 g/mol. The number of aromatic nitrogens is 2. The number of phenolic OH excluding ortho intramolecular Hbond substituents is 1.